The third-order valence-corrected chi connectivity index (χ3v) is 8.70. The van der Waals surface area contributed by atoms with Gasteiger partial charge in [0, 0.05) is 23.1 Å². The van der Waals surface area contributed by atoms with Crippen molar-refractivity contribution in [1.82, 2.24) is 9.47 Å². The van der Waals surface area contributed by atoms with E-state index in [9.17, 15) is 4.79 Å². The van der Waals surface area contributed by atoms with E-state index in [0.29, 0.717) is 5.92 Å². The molecule has 1 aliphatic heterocycles. The lowest BCUT2D eigenvalue weighted by Gasteiger charge is -2.35. The molecule has 0 bridgehead atoms. The van der Waals surface area contributed by atoms with Gasteiger partial charge in [0.15, 0.2) is 5.17 Å². The number of hydrogen-bond acceptors (Lipinski definition) is 3. The molecule has 2 atom stereocenters. The predicted molar refractivity (Wildman–Crippen MR) is 152 cm³/mol. The van der Waals surface area contributed by atoms with Crippen molar-refractivity contribution in [3.05, 3.63) is 87.6 Å². The van der Waals surface area contributed by atoms with Gasteiger partial charge in [0.05, 0.1) is 10.6 Å². The monoisotopic (exact) mass is 497 g/mol. The number of aromatic nitrogens is 1. The summed E-state index contributed by atoms with van der Waals surface area (Å²) in [6, 6.07) is 18.9. The number of aliphatic imine (C=N–C) groups is 1. The number of carbonyl (C=O) groups excluding carboxylic acids is 1. The van der Waals surface area contributed by atoms with Crippen LogP contribution in [-0.4, -0.2) is 26.6 Å². The minimum atomic E-state index is 0.0874. The number of amides is 1. The van der Waals surface area contributed by atoms with Gasteiger partial charge >= 0.3 is 0 Å². The van der Waals surface area contributed by atoms with E-state index in [4.69, 9.17) is 4.99 Å². The predicted octanol–water partition coefficient (Wildman–Crippen LogP) is 7.89. The van der Waals surface area contributed by atoms with E-state index in [1.807, 2.05) is 35.2 Å². The molecule has 2 heterocycles. The Hall–Kier alpha value is -3.05. The Labute approximate surface area is 219 Å². The molecule has 0 N–H and O–H groups in total. The van der Waals surface area contributed by atoms with Crippen molar-refractivity contribution >= 4 is 34.6 Å². The van der Waals surface area contributed by atoms with Gasteiger partial charge in [-0.05, 0) is 111 Å². The molecule has 1 aliphatic carbocycles. The Balaban J connectivity index is 1.54. The van der Waals surface area contributed by atoms with E-state index in [1.165, 1.54) is 29.3 Å². The van der Waals surface area contributed by atoms with Gasteiger partial charge < -0.3 is 4.57 Å². The van der Waals surface area contributed by atoms with E-state index in [2.05, 4.69) is 69.5 Å². The van der Waals surface area contributed by atoms with E-state index in [1.54, 1.807) is 0 Å². The van der Waals surface area contributed by atoms with E-state index in [-0.39, 0.29) is 11.9 Å². The average molecular weight is 498 g/mol. The summed E-state index contributed by atoms with van der Waals surface area (Å²) in [6.45, 7) is 10.8. The number of hydrogen-bond donors (Lipinski definition) is 0. The standard InChI is InChI=1S/C31H35N3OS/c1-20-15-16-27(17-22(20)3)33-23(4)18-25(24(33)5)19-29-30(35)34(28-14-10-9-11-21(28)2)31(36-29)32-26-12-7-6-8-13-26/h6-8,12-13,15-19,21,28H,9-11,14H2,1-5H3/b29-19-,32-31?/t21-,28+/m1/s1. The molecule has 36 heavy (non-hydrogen) atoms. The molecule has 186 valence electrons. The number of nitrogens with zero attached hydrogens (tertiary/aromatic N) is 3. The second-order valence-corrected chi connectivity index (χ2v) is 11.3. The molecule has 3 aromatic rings. The van der Waals surface area contributed by atoms with Crippen molar-refractivity contribution < 1.29 is 4.79 Å². The first-order chi connectivity index (χ1) is 17.3. The molecule has 5 rings (SSSR count). The fourth-order valence-electron chi connectivity index (χ4n) is 5.49. The number of aryl methyl sites for hydroxylation is 3. The quantitative estimate of drug-likeness (QED) is 0.344. The van der Waals surface area contributed by atoms with Crippen molar-refractivity contribution in [2.75, 3.05) is 0 Å². The summed E-state index contributed by atoms with van der Waals surface area (Å²) in [5.74, 6) is 0.558. The second-order valence-electron chi connectivity index (χ2n) is 10.3. The largest absolute Gasteiger partial charge is 0.318 e. The van der Waals surface area contributed by atoms with Gasteiger partial charge in [-0.1, -0.05) is 44.0 Å². The summed E-state index contributed by atoms with van der Waals surface area (Å²) in [5, 5.41) is 0.805. The topological polar surface area (TPSA) is 37.6 Å². The van der Waals surface area contributed by atoms with Gasteiger partial charge in [0.25, 0.3) is 5.91 Å². The lowest BCUT2D eigenvalue weighted by Crippen LogP contribution is -2.44. The van der Waals surface area contributed by atoms with Crippen molar-refractivity contribution in [1.29, 1.82) is 0 Å². The molecule has 0 spiro atoms. The Kier molecular flexibility index (Phi) is 6.94. The number of amidine groups is 1. The molecule has 2 aliphatic rings. The Morgan fingerprint density at radius 3 is 2.42 bits per heavy atom. The summed E-state index contributed by atoms with van der Waals surface area (Å²) in [4.78, 5) is 21.5. The molecule has 1 aromatic heterocycles. The number of carbonyl (C=O) groups is 1. The highest BCUT2D eigenvalue weighted by atomic mass is 32.2. The summed E-state index contributed by atoms with van der Waals surface area (Å²) in [5.41, 5.74) is 8.00. The normalized spacial score (nSPS) is 22.7. The summed E-state index contributed by atoms with van der Waals surface area (Å²) < 4.78 is 2.28. The van der Waals surface area contributed by atoms with Crippen molar-refractivity contribution in [2.45, 2.75) is 66.3 Å². The van der Waals surface area contributed by atoms with Gasteiger partial charge in [0.1, 0.15) is 0 Å². The van der Waals surface area contributed by atoms with Crippen LogP contribution in [0.5, 0.6) is 0 Å². The first kappa shape index (κ1) is 24.6. The van der Waals surface area contributed by atoms with E-state index >= 15 is 0 Å². The molecular formula is C31H35N3OS. The number of rotatable bonds is 4. The van der Waals surface area contributed by atoms with Crippen LogP contribution in [0.15, 0.2) is 64.5 Å². The van der Waals surface area contributed by atoms with Crippen LogP contribution in [0.2, 0.25) is 0 Å². The molecule has 1 amide bonds. The molecule has 4 nitrogen and oxygen atoms in total. The van der Waals surface area contributed by atoms with Crippen LogP contribution in [0.1, 0.15) is 60.7 Å². The third-order valence-electron chi connectivity index (χ3n) is 7.72. The molecule has 2 aromatic carbocycles. The van der Waals surface area contributed by atoms with Gasteiger partial charge in [-0.15, -0.1) is 0 Å². The summed E-state index contributed by atoms with van der Waals surface area (Å²) in [6.07, 6.45) is 6.67. The van der Waals surface area contributed by atoms with Crippen molar-refractivity contribution in [2.24, 2.45) is 10.9 Å². The highest BCUT2D eigenvalue weighted by Crippen LogP contribution is 2.40. The van der Waals surface area contributed by atoms with Gasteiger partial charge in [0.2, 0.25) is 0 Å². The average Bonchev–Trinajstić information content (AvgIpc) is 3.31. The van der Waals surface area contributed by atoms with Crippen LogP contribution < -0.4 is 0 Å². The van der Waals surface area contributed by atoms with E-state index < -0.39 is 0 Å². The molecular weight excluding hydrogens is 462 g/mol. The second kappa shape index (κ2) is 10.1. The minimum Gasteiger partial charge on any atom is -0.318 e. The van der Waals surface area contributed by atoms with Crippen molar-refractivity contribution in [3.8, 4) is 5.69 Å². The lowest BCUT2D eigenvalue weighted by molar-refractivity contribution is -0.124. The highest BCUT2D eigenvalue weighted by Gasteiger charge is 2.41. The molecule has 5 heteroatoms. The molecule has 2 fully saturated rings. The van der Waals surface area contributed by atoms with E-state index in [0.717, 1.165) is 57.7 Å². The van der Waals surface area contributed by atoms with Crippen LogP contribution in [-0.2, 0) is 4.79 Å². The first-order valence-electron chi connectivity index (χ1n) is 13.0. The van der Waals surface area contributed by atoms with Crippen LogP contribution in [0.3, 0.4) is 0 Å². The Morgan fingerprint density at radius 1 is 0.944 bits per heavy atom. The fourth-order valence-corrected chi connectivity index (χ4v) is 6.52. The lowest BCUT2D eigenvalue weighted by atomic mass is 9.85. The van der Waals surface area contributed by atoms with Crippen LogP contribution in [0.4, 0.5) is 5.69 Å². The highest BCUT2D eigenvalue weighted by molar-refractivity contribution is 8.18. The number of benzene rings is 2. The zero-order valence-electron chi connectivity index (χ0n) is 21.9. The zero-order chi connectivity index (χ0) is 25.4. The maximum absolute atomic E-state index is 13.9. The molecule has 0 unspecified atom stereocenters. The van der Waals surface area contributed by atoms with Gasteiger partial charge in [-0.2, -0.15) is 0 Å². The van der Waals surface area contributed by atoms with Crippen molar-refractivity contribution in [3.63, 3.8) is 0 Å². The van der Waals surface area contributed by atoms with Crippen LogP contribution >= 0.6 is 11.8 Å². The zero-order valence-corrected chi connectivity index (χ0v) is 22.7. The van der Waals surface area contributed by atoms with Gasteiger partial charge in [-0.3, -0.25) is 9.69 Å². The summed E-state index contributed by atoms with van der Waals surface area (Å²) in [7, 11) is 0. The molecule has 0 radical (unpaired) electrons. The first-order valence-corrected chi connectivity index (χ1v) is 13.8. The van der Waals surface area contributed by atoms with Gasteiger partial charge in [-0.25, -0.2) is 4.99 Å². The third kappa shape index (κ3) is 4.69. The summed E-state index contributed by atoms with van der Waals surface area (Å²) >= 11 is 1.51. The maximum atomic E-state index is 13.9. The van der Waals surface area contributed by atoms with Crippen LogP contribution in [0, 0.1) is 33.6 Å². The fraction of sp³-hybridized carbons (Fsp3) is 0.355. The number of thioether (sulfide) groups is 1. The maximum Gasteiger partial charge on any atom is 0.267 e. The number of para-hydroxylation sites is 1. The molecule has 1 saturated heterocycles. The minimum absolute atomic E-state index is 0.0874. The SMILES string of the molecule is Cc1ccc(-n2c(C)cc(/C=C3\SC(=Nc4ccccc4)N([C@H]4CCCC[C@H]4C)C3=O)c2C)cc1C. The van der Waals surface area contributed by atoms with Crippen LogP contribution in [0.25, 0.3) is 11.8 Å². The smallest absolute Gasteiger partial charge is 0.267 e. The molecule has 1 saturated carbocycles. The Morgan fingerprint density at radius 2 is 1.69 bits per heavy atom. The Bertz CT molecular complexity index is 1350.